The third-order valence-corrected chi connectivity index (χ3v) is 2.30. The second-order valence-corrected chi connectivity index (χ2v) is 3.83. The van der Waals surface area contributed by atoms with Crippen LogP contribution in [0.3, 0.4) is 0 Å². The molecular weight excluding hydrogens is 254 g/mol. The maximum Gasteiger partial charge on any atom is 0.311 e. The third-order valence-electron chi connectivity index (χ3n) is 2.30. The molecule has 0 radical (unpaired) electrons. The number of nitrogens with zero attached hydrogens (tertiary/aromatic N) is 1. The number of rotatable bonds is 7. The minimum absolute atomic E-state index is 0.0187. The van der Waals surface area contributed by atoms with E-state index in [0.717, 1.165) is 0 Å². The fraction of sp³-hybridized carbons (Fsp3) is 0.333. The van der Waals surface area contributed by atoms with E-state index < -0.39 is 16.9 Å². The number of hydrogen-bond acceptors (Lipinski definition) is 5. The number of benzene rings is 1. The summed E-state index contributed by atoms with van der Waals surface area (Å²) in [6.45, 7) is 0. The van der Waals surface area contributed by atoms with Gasteiger partial charge in [0.1, 0.15) is 5.75 Å². The summed E-state index contributed by atoms with van der Waals surface area (Å²) in [7, 11) is 0. The highest BCUT2D eigenvalue weighted by molar-refractivity contribution is 5.72. The fourth-order valence-corrected chi connectivity index (χ4v) is 1.36. The van der Waals surface area contributed by atoms with E-state index in [1.807, 2.05) is 0 Å². The first kappa shape index (κ1) is 14.6. The Kier molecular flexibility index (Phi) is 5.46. The Bertz CT molecular complexity index is 468. The number of ether oxygens (including phenoxy) is 1. The van der Waals surface area contributed by atoms with Crippen molar-refractivity contribution in [2.24, 2.45) is 0 Å². The topological polar surface area (TPSA) is 107 Å². The molecule has 0 spiro atoms. The largest absolute Gasteiger partial charge is 0.481 e. The molecule has 7 heteroatoms. The molecule has 1 aromatic carbocycles. The van der Waals surface area contributed by atoms with Gasteiger partial charge >= 0.3 is 11.9 Å². The third kappa shape index (κ3) is 5.62. The maximum atomic E-state index is 11.4. The van der Waals surface area contributed by atoms with E-state index in [1.54, 1.807) is 0 Å². The van der Waals surface area contributed by atoms with E-state index in [0.29, 0.717) is 12.8 Å². The summed E-state index contributed by atoms with van der Waals surface area (Å²) < 4.78 is 4.95. The summed E-state index contributed by atoms with van der Waals surface area (Å²) in [5, 5.41) is 18.8. The standard InChI is InChI=1S/C12H13NO6/c14-11(15)3-1-2-4-12(16)19-10-7-5-9(6-8-10)13(17)18/h5-8H,1-4H2,(H,14,15). The minimum atomic E-state index is -0.899. The van der Waals surface area contributed by atoms with Gasteiger partial charge in [-0.1, -0.05) is 0 Å². The lowest BCUT2D eigenvalue weighted by Gasteiger charge is -2.03. The van der Waals surface area contributed by atoms with Crippen LogP contribution in [0.5, 0.6) is 5.75 Å². The van der Waals surface area contributed by atoms with Crippen molar-refractivity contribution in [1.29, 1.82) is 0 Å². The number of carbonyl (C=O) groups is 2. The highest BCUT2D eigenvalue weighted by Crippen LogP contribution is 2.18. The van der Waals surface area contributed by atoms with Crippen molar-refractivity contribution in [2.75, 3.05) is 0 Å². The molecule has 1 aromatic rings. The van der Waals surface area contributed by atoms with Crippen LogP contribution in [0.15, 0.2) is 24.3 Å². The first-order valence-corrected chi connectivity index (χ1v) is 5.66. The summed E-state index contributed by atoms with van der Waals surface area (Å²) >= 11 is 0. The SMILES string of the molecule is O=C(O)CCCCC(=O)Oc1ccc([N+](=O)[O-])cc1. The molecule has 1 N–H and O–H groups in total. The number of aliphatic carboxylic acids is 1. The highest BCUT2D eigenvalue weighted by atomic mass is 16.6. The number of carboxylic acids is 1. The second-order valence-electron chi connectivity index (χ2n) is 3.83. The van der Waals surface area contributed by atoms with E-state index in [1.165, 1.54) is 24.3 Å². The van der Waals surface area contributed by atoms with Gasteiger partial charge < -0.3 is 9.84 Å². The molecule has 0 fully saturated rings. The normalized spacial score (nSPS) is 9.89. The van der Waals surface area contributed by atoms with Gasteiger partial charge in [-0.3, -0.25) is 19.7 Å². The summed E-state index contributed by atoms with van der Waals surface area (Å²) in [5.41, 5.74) is -0.0822. The summed E-state index contributed by atoms with van der Waals surface area (Å²) in [4.78, 5) is 31.5. The zero-order chi connectivity index (χ0) is 14.3. The average molecular weight is 267 g/mol. The zero-order valence-corrected chi connectivity index (χ0v) is 10.1. The predicted octanol–water partition coefficient (Wildman–Crippen LogP) is 2.15. The predicted molar refractivity (Wildman–Crippen MR) is 64.8 cm³/mol. The molecule has 0 saturated carbocycles. The number of esters is 1. The molecule has 19 heavy (non-hydrogen) atoms. The van der Waals surface area contributed by atoms with Gasteiger partial charge in [0, 0.05) is 25.0 Å². The monoisotopic (exact) mass is 267 g/mol. The van der Waals surface area contributed by atoms with E-state index >= 15 is 0 Å². The van der Waals surface area contributed by atoms with Crippen LogP contribution >= 0.6 is 0 Å². The van der Waals surface area contributed by atoms with Crippen molar-refractivity contribution in [1.82, 2.24) is 0 Å². The Morgan fingerprint density at radius 1 is 1.16 bits per heavy atom. The van der Waals surface area contributed by atoms with E-state index in [2.05, 4.69) is 0 Å². The molecule has 7 nitrogen and oxygen atoms in total. The quantitative estimate of drug-likeness (QED) is 0.266. The molecule has 102 valence electrons. The Hall–Kier alpha value is -2.44. The van der Waals surface area contributed by atoms with Gasteiger partial charge in [0.05, 0.1) is 4.92 Å². The van der Waals surface area contributed by atoms with Crippen molar-refractivity contribution in [2.45, 2.75) is 25.7 Å². The van der Waals surface area contributed by atoms with Crippen molar-refractivity contribution in [3.05, 3.63) is 34.4 Å². The van der Waals surface area contributed by atoms with E-state index in [-0.39, 0.29) is 24.3 Å². The molecule has 0 amide bonds. The van der Waals surface area contributed by atoms with E-state index in [4.69, 9.17) is 9.84 Å². The Morgan fingerprint density at radius 2 is 1.74 bits per heavy atom. The molecule has 0 saturated heterocycles. The zero-order valence-electron chi connectivity index (χ0n) is 10.1. The molecule has 1 rings (SSSR count). The fourth-order valence-electron chi connectivity index (χ4n) is 1.36. The highest BCUT2D eigenvalue weighted by Gasteiger charge is 2.08. The summed E-state index contributed by atoms with van der Waals surface area (Å²) in [5.74, 6) is -1.16. The number of nitro benzene ring substituents is 1. The van der Waals surface area contributed by atoms with Crippen LogP contribution in [0.2, 0.25) is 0 Å². The minimum Gasteiger partial charge on any atom is -0.481 e. The average Bonchev–Trinajstić information content (AvgIpc) is 2.35. The summed E-state index contributed by atoms with van der Waals surface area (Å²) in [6, 6.07) is 5.17. The Labute approximate surface area is 109 Å². The van der Waals surface area contributed by atoms with Gasteiger partial charge in [0.15, 0.2) is 0 Å². The number of unbranched alkanes of at least 4 members (excludes halogenated alkanes) is 1. The second kappa shape index (κ2) is 7.10. The number of nitro groups is 1. The number of carbonyl (C=O) groups excluding carboxylic acids is 1. The van der Waals surface area contributed by atoms with Crippen LogP contribution in [0.25, 0.3) is 0 Å². The molecule has 0 atom stereocenters. The van der Waals surface area contributed by atoms with Crippen LogP contribution in [-0.2, 0) is 9.59 Å². The Balaban J connectivity index is 2.35. The summed E-state index contributed by atoms with van der Waals surface area (Å²) in [6.07, 6.45) is 0.970. The molecule has 0 aliphatic rings. The van der Waals surface area contributed by atoms with Crippen molar-refractivity contribution in [3.8, 4) is 5.75 Å². The van der Waals surface area contributed by atoms with Crippen LogP contribution in [0, 0.1) is 10.1 Å². The van der Waals surface area contributed by atoms with E-state index in [9.17, 15) is 19.7 Å². The molecule has 0 heterocycles. The Morgan fingerprint density at radius 3 is 2.26 bits per heavy atom. The molecular formula is C12H13NO6. The number of non-ortho nitro benzene ring substituents is 1. The molecule has 0 aliphatic heterocycles. The maximum absolute atomic E-state index is 11.4. The van der Waals surface area contributed by atoms with Gasteiger partial charge in [-0.25, -0.2) is 0 Å². The van der Waals surface area contributed by atoms with Gasteiger partial charge in [0.25, 0.3) is 5.69 Å². The van der Waals surface area contributed by atoms with Crippen LogP contribution < -0.4 is 4.74 Å². The first-order chi connectivity index (χ1) is 8.99. The van der Waals surface area contributed by atoms with Gasteiger partial charge in [0.2, 0.25) is 0 Å². The molecule has 0 unspecified atom stereocenters. The smallest absolute Gasteiger partial charge is 0.311 e. The van der Waals surface area contributed by atoms with Crippen molar-refractivity contribution >= 4 is 17.6 Å². The lowest BCUT2D eigenvalue weighted by Crippen LogP contribution is -2.08. The first-order valence-electron chi connectivity index (χ1n) is 5.66. The van der Waals surface area contributed by atoms with Gasteiger partial charge in [-0.2, -0.15) is 0 Å². The van der Waals surface area contributed by atoms with Gasteiger partial charge in [-0.05, 0) is 25.0 Å². The van der Waals surface area contributed by atoms with Crippen molar-refractivity contribution in [3.63, 3.8) is 0 Å². The molecule has 0 bridgehead atoms. The lowest BCUT2D eigenvalue weighted by atomic mass is 10.2. The molecule has 0 aliphatic carbocycles. The lowest BCUT2D eigenvalue weighted by molar-refractivity contribution is -0.384. The van der Waals surface area contributed by atoms with Crippen LogP contribution in [0.1, 0.15) is 25.7 Å². The van der Waals surface area contributed by atoms with Crippen LogP contribution in [-0.4, -0.2) is 22.0 Å². The van der Waals surface area contributed by atoms with Crippen LogP contribution in [0.4, 0.5) is 5.69 Å². The number of hydrogen-bond donors (Lipinski definition) is 1. The van der Waals surface area contributed by atoms with Crippen molar-refractivity contribution < 1.29 is 24.4 Å². The molecule has 0 aromatic heterocycles. The van der Waals surface area contributed by atoms with Gasteiger partial charge in [-0.15, -0.1) is 0 Å². The number of carboxylic acid groups (broad SMARTS) is 1.